The van der Waals surface area contributed by atoms with Gasteiger partial charge in [0, 0.05) is 45.0 Å². The lowest BCUT2D eigenvalue weighted by Gasteiger charge is -2.10. The number of nitrogens with one attached hydrogen (secondary N) is 2. The maximum absolute atomic E-state index is 4.57. The summed E-state index contributed by atoms with van der Waals surface area (Å²) in [6.07, 6.45) is 6.50. The van der Waals surface area contributed by atoms with E-state index in [0.29, 0.717) is 13.1 Å². The van der Waals surface area contributed by atoms with Crippen LogP contribution in [0.1, 0.15) is 18.3 Å². The Morgan fingerprint density at radius 3 is 2.79 bits per heavy atom. The summed E-state index contributed by atoms with van der Waals surface area (Å²) >= 11 is 0. The average molecular weight is 439 g/mol. The number of rotatable bonds is 8. The van der Waals surface area contributed by atoms with Crippen LogP contribution in [0.3, 0.4) is 0 Å². The van der Waals surface area contributed by atoms with Crippen LogP contribution in [0.15, 0.2) is 60.4 Å². The van der Waals surface area contributed by atoms with Crippen LogP contribution in [0.25, 0.3) is 0 Å². The fraction of sp³-hybridized carbons (Fsp3) is 0.333. The van der Waals surface area contributed by atoms with Crippen molar-refractivity contribution in [1.29, 1.82) is 0 Å². The molecule has 0 unspecified atom stereocenters. The molecule has 0 saturated heterocycles. The molecule has 1 heterocycles. The summed E-state index contributed by atoms with van der Waals surface area (Å²) in [5.74, 6) is 1.87. The lowest BCUT2D eigenvalue weighted by molar-refractivity contribution is 0.714. The molecule has 0 saturated carbocycles. The quantitative estimate of drug-likeness (QED) is 0.288. The number of imidazole rings is 1. The normalized spacial score (nSPS) is 10.8. The van der Waals surface area contributed by atoms with Crippen LogP contribution in [-0.2, 0) is 13.0 Å². The molecule has 5 nitrogen and oxygen atoms in total. The van der Waals surface area contributed by atoms with Gasteiger partial charge in [-0.3, -0.25) is 4.99 Å². The maximum Gasteiger partial charge on any atom is 0.191 e. The van der Waals surface area contributed by atoms with E-state index in [2.05, 4.69) is 62.9 Å². The highest BCUT2D eigenvalue weighted by Crippen LogP contribution is 2.06. The van der Waals surface area contributed by atoms with Crippen molar-refractivity contribution >= 4 is 29.9 Å². The summed E-state index contributed by atoms with van der Waals surface area (Å²) in [7, 11) is 0. The van der Waals surface area contributed by atoms with Crippen LogP contribution in [-0.4, -0.2) is 35.1 Å². The van der Waals surface area contributed by atoms with Gasteiger partial charge in [0.15, 0.2) is 5.96 Å². The van der Waals surface area contributed by atoms with E-state index in [1.807, 2.05) is 24.5 Å². The number of hydrogen-bond donors (Lipinski definition) is 2. The highest BCUT2D eigenvalue weighted by molar-refractivity contribution is 14.0. The van der Waals surface area contributed by atoms with Gasteiger partial charge in [0.2, 0.25) is 0 Å². The molecule has 6 heteroatoms. The molecule has 24 heavy (non-hydrogen) atoms. The highest BCUT2D eigenvalue weighted by atomic mass is 127. The lowest BCUT2D eigenvalue weighted by Crippen LogP contribution is -2.37. The fourth-order valence-corrected chi connectivity index (χ4v) is 2.27. The van der Waals surface area contributed by atoms with E-state index in [1.54, 1.807) is 0 Å². The maximum atomic E-state index is 4.57. The Bertz CT molecular complexity index is 621. The van der Waals surface area contributed by atoms with Crippen molar-refractivity contribution in [3.05, 3.63) is 66.8 Å². The number of halogens is 1. The first-order valence-corrected chi connectivity index (χ1v) is 8.00. The zero-order valence-corrected chi connectivity index (χ0v) is 16.4. The Labute approximate surface area is 161 Å². The molecule has 1 aromatic carbocycles. The predicted molar refractivity (Wildman–Crippen MR) is 111 cm³/mol. The Kier molecular flexibility index (Phi) is 9.83. The molecular formula is C18H26IN5. The van der Waals surface area contributed by atoms with E-state index in [0.717, 1.165) is 31.3 Å². The number of guanidine groups is 1. The molecule has 130 valence electrons. The third-order valence-electron chi connectivity index (χ3n) is 3.36. The summed E-state index contributed by atoms with van der Waals surface area (Å²) in [6, 6.07) is 10.4. The van der Waals surface area contributed by atoms with Gasteiger partial charge in [0.25, 0.3) is 0 Å². The summed E-state index contributed by atoms with van der Waals surface area (Å²) in [5.41, 5.74) is 1.27. The van der Waals surface area contributed by atoms with E-state index in [4.69, 9.17) is 0 Å². The average Bonchev–Trinajstić information content (AvgIpc) is 3.00. The SMILES string of the molecule is C=CCNC(=NCCc1nccn1Cc1ccccc1)NCC.I. The van der Waals surface area contributed by atoms with Gasteiger partial charge in [0.05, 0.1) is 0 Å². The summed E-state index contributed by atoms with van der Waals surface area (Å²) in [6.45, 7) is 8.84. The van der Waals surface area contributed by atoms with Crippen LogP contribution in [0.4, 0.5) is 0 Å². The molecule has 0 spiro atoms. The lowest BCUT2D eigenvalue weighted by atomic mass is 10.2. The second-order valence-electron chi connectivity index (χ2n) is 5.14. The minimum Gasteiger partial charge on any atom is -0.357 e. The molecule has 0 aliphatic rings. The smallest absolute Gasteiger partial charge is 0.191 e. The topological polar surface area (TPSA) is 54.2 Å². The highest BCUT2D eigenvalue weighted by Gasteiger charge is 2.03. The molecule has 0 bridgehead atoms. The standard InChI is InChI=1S/C18H25N5.HI/c1-3-11-21-18(19-4-2)22-12-10-17-20-13-14-23(17)15-16-8-6-5-7-9-16;/h3,5-9,13-14H,1,4,10-12,15H2,2H3,(H2,19,21,22);1H. The van der Waals surface area contributed by atoms with E-state index < -0.39 is 0 Å². The van der Waals surface area contributed by atoms with Gasteiger partial charge in [-0.05, 0) is 12.5 Å². The molecule has 0 fully saturated rings. The van der Waals surface area contributed by atoms with Crippen molar-refractivity contribution in [3.8, 4) is 0 Å². The molecule has 1 aromatic heterocycles. The zero-order chi connectivity index (χ0) is 16.3. The van der Waals surface area contributed by atoms with Crippen LogP contribution in [0, 0.1) is 0 Å². The van der Waals surface area contributed by atoms with Crippen molar-refractivity contribution < 1.29 is 0 Å². The largest absolute Gasteiger partial charge is 0.357 e. The van der Waals surface area contributed by atoms with Crippen molar-refractivity contribution in [2.75, 3.05) is 19.6 Å². The Hall–Kier alpha value is -1.83. The van der Waals surface area contributed by atoms with Gasteiger partial charge < -0.3 is 15.2 Å². The van der Waals surface area contributed by atoms with Crippen LogP contribution >= 0.6 is 24.0 Å². The molecule has 0 aliphatic heterocycles. The minimum absolute atomic E-state index is 0. The van der Waals surface area contributed by atoms with E-state index in [1.165, 1.54) is 5.56 Å². The molecule has 0 aliphatic carbocycles. The summed E-state index contributed by atoms with van der Waals surface area (Å²) in [4.78, 5) is 9.02. The van der Waals surface area contributed by atoms with Gasteiger partial charge in [-0.15, -0.1) is 30.6 Å². The van der Waals surface area contributed by atoms with Gasteiger partial charge in [0.1, 0.15) is 5.82 Å². The monoisotopic (exact) mass is 439 g/mol. The predicted octanol–water partition coefficient (Wildman–Crippen LogP) is 2.83. The Morgan fingerprint density at radius 2 is 2.08 bits per heavy atom. The van der Waals surface area contributed by atoms with E-state index in [9.17, 15) is 0 Å². The first-order chi connectivity index (χ1) is 11.3. The summed E-state index contributed by atoms with van der Waals surface area (Å²) in [5, 5.41) is 6.41. The van der Waals surface area contributed by atoms with Gasteiger partial charge in [-0.2, -0.15) is 0 Å². The molecule has 0 atom stereocenters. The molecule has 2 N–H and O–H groups in total. The van der Waals surface area contributed by atoms with Crippen LogP contribution in [0.5, 0.6) is 0 Å². The van der Waals surface area contributed by atoms with Gasteiger partial charge in [-0.25, -0.2) is 4.98 Å². The van der Waals surface area contributed by atoms with Crippen LogP contribution in [0.2, 0.25) is 0 Å². The van der Waals surface area contributed by atoms with Gasteiger partial charge in [-0.1, -0.05) is 36.4 Å². The Morgan fingerprint density at radius 1 is 1.29 bits per heavy atom. The second-order valence-corrected chi connectivity index (χ2v) is 5.14. The number of aromatic nitrogens is 2. The van der Waals surface area contributed by atoms with E-state index in [-0.39, 0.29) is 24.0 Å². The molecule has 0 radical (unpaired) electrons. The third-order valence-corrected chi connectivity index (χ3v) is 3.36. The number of aliphatic imine (C=N–C) groups is 1. The number of nitrogens with zero attached hydrogens (tertiary/aromatic N) is 3. The van der Waals surface area contributed by atoms with Crippen molar-refractivity contribution in [2.45, 2.75) is 19.9 Å². The second kappa shape index (κ2) is 11.7. The molecule has 2 rings (SSSR count). The zero-order valence-electron chi connectivity index (χ0n) is 14.1. The molecular weight excluding hydrogens is 413 g/mol. The fourth-order valence-electron chi connectivity index (χ4n) is 2.27. The Balaban J connectivity index is 0.00000288. The molecule has 2 aromatic rings. The first-order valence-electron chi connectivity index (χ1n) is 8.00. The van der Waals surface area contributed by atoms with Crippen molar-refractivity contribution in [3.63, 3.8) is 0 Å². The van der Waals surface area contributed by atoms with Crippen molar-refractivity contribution in [2.24, 2.45) is 4.99 Å². The number of hydrogen-bond acceptors (Lipinski definition) is 2. The number of benzene rings is 1. The van der Waals surface area contributed by atoms with E-state index >= 15 is 0 Å². The molecule has 0 amide bonds. The van der Waals surface area contributed by atoms with Gasteiger partial charge >= 0.3 is 0 Å². The summed E-state index contributed by atoms with van der Waals surface area (Å²) < 4.78 is 2.18. The van der Waals surface area contributed by atoms with Crippen LogP contribution < -0.4 is 10.6 Å². The minimum atomic E-state index is 0. The third kappa shape index (κ3) is 6.74. The van der Waals surface area contributed by atoms with Crippen molar-refractivity contribution in [1.82, 2.24) is 20.2 Å². The first kappa shape index (κ1) is 20.2.